The molecule has 0 saturated heterocycles. The van der Waals surface area contributed by atoms with Crippen LogP contribution in [0.15, 0.2) is 74.4 Å². The SMILES string of the molecule is C=CCc1c(OC=O)ccc(-c2nc(-c3ccc(OC(=O)CCC)c(CC=C)c3O)nc(-c3ccc(OC(=O)C(CC)CCCC)c(CC=C)c3O)n2)c1O. The van der Waals surface area contributed by atoms with Gasteiger partial charge in [0.15, 0.2) is 17.5 Å². The molecule has 0 aliphatic rings. The number of ether oxygens (including phenoxy) is 3. The van der Waals surface area contributed by atoms with Crippen molar-refractivity contribution in [1.82, 2.24) is 15.0 Å². The van der Waals surface area contributed by atoms with Crippen LogP contribution in [0.4, 0.5) is 0 Å². The fraction of sp³-hybridized carbons (Fsp3) is 0.302. The Morgan fingerprint density at radius 3 is 1.51 bits per heavy atom. The van der Waals surface area contributed by atoms with Gasteiger partial charge in [0.05, 0.1) is 22.6 Å². The molecule has 0 radical (unpaired) electrons. The smallest absolute Gasteiger partial charge is 0.314 e. The number of unbranched alkanes of at least 4 members (excludes halogenated alkanes) is 1. The Labute approximate surface area is 320 Å². The highest BCUT2D eigenvalue weighted by atomic mass is 16.5. The highest BCUT2D eigenvalue weighted by molar-refractivity contribution is 5.80. The number of aromatic nitrogens is 3. The van der Waals surface area contributed by atoms with Crippen LogP contribution in [0.5, 0.6) is 34.5 Å². The van der Waals surface area contributed by atoms with Crippen LogP contribution in [0.1, 0.15) is 76.0 Å². The zero-order valence-corrected chi connectivity index (χ0v) is 31.5. The molecule has 0 aliphatic carbocycles. The summed E-state index contributed by atoms with van der Waals surface area (Å²) in [5, 5.41) is 34.9. The van der Waals surface area contributed by atoms with Crippen molar-refractivity contribution in [2.75, 3.05) is 0 Å². The van der Waals surface area contributed by atoms with Crippen molar-refractivity contribution in [1.29, 1.82) is 0 Å². The van der Waals surface area contributed by atoms with Crippen molar-refractivity contribution in [3.8, 4) is 68.7 Å². The van der Waals surface area contributed by atoms with E-state index in [1.807, 2.05) is 13.8 Å². The number of rotatable bonds is 20. The highest BCUT2D eigenvalue weighted by Crippen LogP contribution is 2.43. The Kier molecular flexibility index (Phi) is 14.8. The van der Waals surface area contributed by atoms with Crippen molar-refractivity contribution < 1.29 is 43.9 Å². The molecule has 1 heterocycles. The Balaban J connectivity index is 1.99. The van der Waals surface area contributed by atoms with Gasteiger partial charge >= 0.3 is 11.9 Å². The second kappa shape index (κ2) is 19.7. The number of aromatic hydroxyl groups is 3. The lowest BCUT2D eigenvalue weighted by Gasteiger charge is -2.18. The average molecular weight is 750 g/mol. The maximum Gasteiger partial charge on any atom is 0.314 e. The summed E-state index contributed by atoms with van der Waals surface area (Å²) in [5.41, 5.74) is 1.14. The molecule has 55 heavy (non-hydrogen) atoms. The molecule has 0 saturated carbocycles. The first-order chi connectivity index (χ1) is 26.6. The Morgan fingerprint density at radius 1 is 0.673 bits per heavy atom. The van der Waals surface area contributed by atoms with Crippen LogP contribution in [-0.2, 0) is 33.6 Å². The van der Waals surface area contributed by atoms with Gasteiger partial charge in [-0.05, 0) is 74.9 Å². The van der Waals surface area contributed by atoms with Crippen LogP contribution >= 0.6 is 0 Å². The Bertz CT molecular complexity index is 2080. The fourth-order valence-corrected chi connectivity index (χ4v) is 6.02. The van der Waals surface area contributed by atoms with Gasteiger partial charge in [-0.25, -0.2) is 15.0 Å². The van der Waals surface area contributed by atoms with Gasteiger partial charge in [0.2, 0.25) is 0 Å². The molecule has 3 N–H and O–H groups in total. The molecule has 1 unspecified atom stereocenters. The second-order valence-electron chi connectivity index (χ2n) is 12.7. The maximum absolute atomic E-state index is 13.2. The van der Waals surface area contributed by atoms with Gasteiger partial charge in [-0.2, -0.15) is 0 Å². The predicted octanol–water partition coefficient (Wildman–Crippen LogP) is 8.54. The van der Waals surface area contributed by atoms with Crippen LogP contribution in [-0.4, -0.2) is 48.7 Å². The molecule has 12 heteroatoms. The van der Waals surface area contributed by atoms with Crippen molar-refractivity contribution in [2.24, 2.45) is 5.92 Å². The van der Waals surface area contributed by atoms with E-state index in [0.29, 0.717) is 19.3 Å². The lowest BCUT2D eigenvalue weighted by atomic mass is 9.99. The molecular weight excluding hydrogens is 702 g/mol. The lowest BCUT2D eigenvalue weighted by Crippen LogP contribution is -2.20. The van der Waals surface area contributed by atoms with Crippen molar-refractivity contribution in [3.63, 3.8) is 0 Å². The van der Waals surface area contributed by atoms with E-state index >= 15 is 0 Å². The van der Waals surface area contributed by atoms with Gasteiger partial charge < -0.3 is 29.5 Å². The Hall–Kier alpha value is -6.30. The van der Waals surface area contributed by atoms with E-state index in [-0.39, 0.29) is 123 Å². The predicted molar refractivity (Wildman–Crippen MR) is 209 cm³/mol. The third kappa shape index (κ3) is 9.63. The van der Waals surface area contributed by atoms with E-state index in [9.17, 15) is 29.7 Å². The van der Waals surface area contributed by atoms with Gasteiger partial charge in [0, 0.05) is 23.1 Å². The zero-order chi connectivity index (χ0) is 40.1. The third-order valence-corrected chi connectivity index (χ3v) is 8.92. The van der Waals surface area contributed by atoms with Crippen molar-refractivity contribution in [3.05, 3.63) is 91.1 Å². The number of nitrogens with zero attached hydrogens (tertiary/aromatic N) is 3. The van der Waals surface area contributed by atoms with E-state index in [1.54, 1.807) is 18.2 Å². The van der Waals surface area contributed by atoms with E-state index < -0.39 is 11.9 Å². The minimum atomic E-state index is -0.469. The van der Waals surface area contributed by atoms with Gasteiger partial charge in [-0.1, -0.05) is 51.8 Å². The van der Waals surface area contributed by atoms with E-state index in [4.69, 9.17) is 14.2 Å². The van der Waals surface area contributed by atoms with Crippen LogP contribution in [0.25, 0.3) is 34.2 Å². The van der Waals surface area contributed by atoms with Crippen molar-refractivity contribution >= 4 is 18.4 Å². The zero-order valence-electron chi connectivity index (χ0n) is 31.5. The summed E-state index contributed by atoms with van der Waals surface area (Å²) in [7, 11) is 0. The van der Waals surface area contributed by atoms with Crippen LogP contribution in [0.2, 0.25) is 0 Å². The summed E-state index contributed by atoms with van der Waals surface area (Å²) in [5.74, 6) is -1.84. The molecule has 0 amide bonds. The Morgan fingerprint density at radius 2 is 1.11 bits per heavy atom. The number of esters is 2. The van der Waals surface area contributed by atoms with Crippen LogP contribution in [0, 0.1) is 5.92 Å². The monoisotopic (exact) mass is 749 g/mol. The number of benzene rings is 3. The molecule has 0 fully saturated rings. The summed E-state index contributed by atoms with van der Waals surface area (Å²) >= 11 is 0. The topological polar surface area (TPSA) is 178 Å². The third-order valence-electron chi connectivity index (χ3n) is 8.92. The molecule has 0 aliphatic heterocycles. The summed E-state index contributed by atoms with van der Waals surface area (Å²) in [6.45, 7) is 17.4. The fourth-order valence-electron chi connectivity index (χ4n) is 6.02. The van der Waals surface area contributed by atoms with Crippen LogP contribution in [0.3, 0.4) is 0 Å². The quantitative estimate of drug-likeness (QED) is 0.0340. The number of phenols is 3. The van der Waals surface area contributed by atoms with E-state index in [0.717, 1.165) is 12.8 Å². The number of allylic oxidation sites excluding steroid dienone is 3. The van der Waals surface area contributed by atoms with Crippen LogP contribution < -0.4 is 14.2 Å². The molecule has 0 bridgehead atoms. The number of carbonyl (C=O) groups is 3. The number of hydrogen-bond acceptors (Lipinski definition) is 12. The minimum Gasteiger partial charge on any atom is -0.507 e. The number of hydrogen-bond donors (Lipinski definition) is 3. The standard InChI is InChI=1S/C43H47N3O9/c1-7-13-18-26(12-6)43(52)55-35-24-21-32(39(51)29(35)16-10-4)42-45-40(30-19-22-33(53-25-47)27(14-8-2)37(30)49)44-41(46-42)31-20-23-34(54-36(48)17-11-5)28(15-9-3)38(31)50/h8-10,19-26,49-51H,2-4,7,11-18H2,1,5-6H3. The van der Waals surface area contributed by atoms with E-state index in [2.05, 4.69) is 41.6 Å². The molecular formula is C43H47N3O9. The second-order valence-corrected chi connectivity index (χ2v) is 12.7. The van der Waals surface area contributed by atoms with Crippen molar-refractivity contribution in [2.45, 2.75) is 78.6 Å². The van der Waals surface area contributed by atoms with E-state index in [1.165, 1.54) is 36.4 Å². The first-order valence-electron chi connectivity index (χ1n) is 18.2. The highest BCUT2D eigenvalue weighted by Gasteiger charge is 2.26. The normalized spacial score (nSPS) is 11.3. The summed E-state index contributed by atoms with van der Waals surface area (Å²) in [4.78, 5) is 50.8. The first kappa shape index (κ1) is 41.5. The lowest BCUT2D eigenvalue weighted by molar-refractivity contribution is -0.139. The maximum atomic E-state index is 13.2. The van der Waals surface area contributed by atoms with Gasteiger partial charge in [0.25, 0.3) is 6.47 Å². The molecule has 3 aromatic carbocycles. The summed E-state index contributed by atoms with van der Waals surface area (Å²) < 4.78 is 16.5. The minimum absolute atomic E-state index is 0.0592. The molecule has 12 nitrogen and oxygen atoms in total. The molecule has 4 aromatic rings. The molecule has 1 aromatic heterocycles. The molecule has 4 rings (SSSR count). The van der Waals surface area contributed by atoms with Gasteiger partial charge in [0.1, 0.15) is 34.5 Å². The number of phenolic OH excluding ortho intramolecular Hbond substituents is 3. The summed E-state index contributed by atoms with van der Waals surface area (Å²) in [6, 6.07) is 8.98. The first-order valence-corrected chi connectivity index (χ1v) is 18.2. The molecule has 1 atom stereocenters. The average Bonchev–Trinajstić information content (AvgIpc) is 3.16. The van der Waals surface area contributed by atoms with Gasteiger partial charge in [-0.15, -0.1) is 19.7 Å². The van der Waals surface area contributed by atoms with Gasteiger partial charge in [-0.3, -0.25) is 14.4 Å². The molecule has 0 spiro atoms. The summed E-state index contributed by atoms with van der Waals surface area (Å²) in [6.07, 6.45) is 8.85. The molecule has 288 valence electrons. The number of carbonyl (C=O) groups excluding carboxylic acids is 3. The largest absolute Gasteiger partial charge is 0.507 e.